The highest BCUT2D eigenvalue weighted by atomic mass is 32.2. The largest absolute Gasteiger partial charge is 0.465 e. The van der Waals surface area contributed by atoms with Crippen LogP contribution in [0.4, 0.5) is 0 Å². The third-order valence-electron chi connectivity index (χ3n) is 2.71. The van der Waals surface area contributed by atoms with E-state index in [1.807, 2.05) is 30.3 Å². The number of oxazole rings is 1. The Morgan fingerprint density at radius 1 is 1.43 bits per heavy atom. The van der Waals surface area contributed by atoms with Gasteiger partial charge in [0.1, 0.15) is 12.3 Å². The summed E-state index contributed by atoms with van der Waals surface area (Å²) in [5, 5.41) is 0. The Morgan fingerprint density at radius 3 is 2.90 bits per heavy atom. The molecule has 0 saturated heterocycles. The van der Waals surface area contributed by atoms with E-state index < -0.39 is 6.04 Å². The van der Waals surface area contributed by atoms with Crippen LogP contribution in [0.15, 0.2) is 41.0 Å². The Hall–Kier alpha value is -1.79. The molecule has 0 fully saturated rings. The number of nitrogens with zero attached hydrogens (tertiary/aromatic N) is 1. The van der Waals surface area contributed by atoms with E-state index in [1.54, 1.807) is 13.2 Å². The average Bonchev–Trinajstić information content (AvgIpc) is 2.97. The maximum atomic E-state index is 11.4. The highest BCUT2D eigenvalue weighted by molar-refractivity contribution is 7.98. The van der Waals surface area contributed by atoms with Gasteiger partial charge in [0.2, 0.25) is 5.89 Å². The summed E-state index contributed by atoms with van der Waals surface area (Å²) in [4.78, 5) is 15.8. The maximum absolute atomic E-state index is 11.4. The minimum atomic E-state index is -0.601. The molecule has 112 valence electrons. The summed E-state index contributed by atoms with van der Waals surface area (Å²) in [6.45, 7) is 2.11. The van der Waals surface area contributed by atoms with Gasteiger partial charge in [0, 0.05) is 17.1 Å². The molecule has 0 spiro atoms. The number of aromatic nitrogens is 1. The van der Waals surface area contributed by atoms with E-state index in [1.165, 1.54) is 11.8 Å². The Morgan fingerprint density at radius 2 is 2.19 bits per heavy atom. The van der Waals surface area contributed by atoms with Gasteiger partial charge in [-0.25, -0.2) is 4.98 Å². The van der Waals surface area contributed by atoms with Gasteiger partial charge in [-0.1, -0.05) is 18.2 Å². The molecule has 0 saturated carbocycles. The summed E-state index contributed by atoms with van der Waals surface area (Å²) in [5.41, 5.74) is 7.49. The fraction of sp³-hybridized carbons (Fsp3) is 0.333. The van der Waals surface area contributed by atoms with E-state index in [0.717, 1.165) is 11.3 Å². The predicted molar refractivity (Wildman–Crippen MR) is 82.7 cm³/mol. The first kappa shape index (κ1) is 15.6. The molecule has 0 amide bonds. The van der Waals surface area contributed by atoms with Gasteiger partial charge in [0.25, 0.3) is 0 Å². The lowest BCUT2D eigenvalue weighted by Crippen LogP contribution is -2.34. The molecule has 2 N–H and O–H groups in total. The molecular formula is C15H18N2O3S. The zero-order chi connectivity index (χ0) is 15.1. The summed E-state index contributed by atoms with van der Waals surface area (Å²) in [6, 6.07) is 9.10. The predicted octanol–water partition coefficient (Wildman–Crippen LogP) is 2.47. The van der Waals surface area contributed by atoms with Crippen LogP contribution in [0.1, 0.15) is 12.6 Å². The van der Waals surface area contributed by atoms with E-state index in [0.29, 0.717) is 24.0 Å². The topological polar surface area (TPSA) is 78.4 Å². The first-order chi connectivity index (χ1) is 10.2. The van der Waals surface area contributed by atoms with Crippen molar-refractivity contribution in [3.8, 4) is 11.5 Å². The quantitative estimate of drug-likeness (QED) is 0.792. The molecule has 2 aromatic rings. The summed E-state index contributed by atoms with van der Waals surface area (Å²) >= 11 is 1.53. The van der Waals surface area contributed by atoms with Crippen molar-refractivity contribution < 1.29 is 13.9 Å². The van der Waals surface area contributed by atoms with E-state index in [9.17, 15) is 4.79 Å². The van der Waals surface area contributed by atoms with Gasteiger partial charge >= 0.3 is 5.97 Å². The Balaban J connectivity index is 1.82. The number of rotatable bonds is 7. The van der Waals surface area contributed by atoms with Crippen LogP contribution in [-0.4, -0.2) is 29.4 Å². The van der Waals surface area contributed by atoms with Gasteiger partial charge in [-0.05, 0) is 19.1 Å². The number of thioether (sulfide) groups is 1. The molecule has 21 heavy (non-hydrogen) atoms. The molecule has 1 aromatic heterocycles. The minimum Gasteiger partial charge on any atom is -0.465 e. The van der Waals surface area contributed by atoms with Crippen molar-refractivity contribution in [2.75, 3.05) is 12.4 Å². The highest BCUT2D eigenvalue weighted by Gasteiger charge is 2.15. The molecule has 0 bridgehead atoms. The van der Waals surface area contributed by atoms with Crippen LogP contribution >= 0.6 is 11.8 Å². The van der Waals surface area contributed by atoms with Gasteiger partial charge in [0.05, 0.1) is 12.3 Å². The normalized spacial score (nSPS) is 12.1. The van der Waals surface area contributed by atoms with Crippen molar-refractivity contribution in [1.29, 1.82) is 0 Å². The van der Waals surface area contributed by atoms with Crippen molar-refractivity contribution in [2.45, 2.75) is 18.7 Å². The van der Waals surface area contributed by atoms with Crippen LogP contribution in [0.5, 0.6) is 0 Å². The van der Waals surface area contributed by atoms with Crippen molar-refractivity contribution in [3.63, 3.8) is 0 Å². The van der Waals surface area contributed by atoms with Crippen molar-refractivity contribution >= 4 is 17.7 Å². The molecule has 6 heteroatoms. The monoisotopic (exact) mass is 306 g/mol. The molecule has 5 nitrogen and oxygen atoms in total. The summed E-state index contributed by atoms with van der Waals surface area (Å²) < 4.78 is 10.3. The fourth-order valence-electron chi connectivity index (χ4n) is 1.69. The van der Waals surface area contributed by atoms with Gasteiger partial charge < -0.3 is 14.9 Å². The number of benzene rings is 1. The number of nitrogens with two attached hydrogens (primary N) is 1. The second-order valence-electron chi connectivity index (χ2n) is 4.38. The summed E-state index contributed by atoms with van der Waals surface area (Å²) in [5.74, 6) is 1.37. The minimum absolute atomic E-state index is 0.348. The Kier molecular flexibility index (Phi) is 5.83. The van der Waals surface area contributed by atoms with Gasteiger partial charge in [-0.2, -0.15) is 11.8 Å². The molecule has 0 aliphatic heterocycles. The molecule has 0 aliphatic rings. The molecule has 1 unspecified atom stereocenters. The second kappa shape index (κ2) is 7.85. The average molecular weight is 306 g/mol. The van der Waals surface area contributed by atoms with Gasteiger partial charge in [0.15, 0.2) is 0 Å². The molecule has 0 aliphatic carbocycles. The second-order valence-corrected chi connectivity index (χ2v) is 5.41. The zero-order valence-electron chi connectivity index (χ0n) is 11.8. The van der Waals surface area contributed by atoms with Crippen LogP contribution in [0.2, 0.25) is 0 Å². The van der Waals surface area contributed by atoms with Crippen LogP contribution in [-0.2, 0) is 15.3 Å². The highest BCUT2D eigenvalue weighted by Crippen LogP contribution is 2.20. The summed E-state index contributed by atoms with van der Waals surface area (Å²) in [6.07, 6.45) is 1.63. The number of hydrogen-bond acceptors (Lipinski definition) is 6. The SMILES string of the molecule is CCOC(=O)C(N)CSCc1coc(-c2ccccc2)n1. The fourth-order valence-corrected chi connectivity index (χ4v) is 2.54. The zero-order valence-corrected chi connectivity index (χ0v) is 12.6. The lowest BCUT2D eigenvalue weighted by atomic mass is 10.2. The molecule has 1 aromatic carbocycles. The first-order valence-electron chi connectivity index (χ1n) is 6.70. The third-order valence-corrected chi connectivity index (χ3v) is 3.80. The van der Waals surface area contributed by atoms with Gasteiger partial charge in [-0.3, -0.25) is 4.79 Å². The van der Waals surface area contributed by atoms with E-state index >= 15 is 0 Å². The van der Waals surface area contributed by atoms with Crippen LogP contribution < -0.4 is 5.73 Å². The number of carbonyl (C=O) groups is 1. The lowest BCUT2D eigenvalue weighted by Gasteiger charge is -2.09. The molecule has 1 heterocycles. The molecule has 1 atom stereocenters. The standard InChI is InChI=1S/C15H18N2O3S/c1-2-19-15(18)13(16)10-21-9-12-8-20-14(17-12)11-6-4-3-5-7-11/h3-8,13H,2,9-10,16H2,1H3. The van der Waals surface area contributed by atoms with Crippen molar-refractivity contribution in [1.82, 2.24) is 4.98 Å². The number of esters is 1. The van der Waals surface area contributed by atoms with Crippen LogP contribution in [0.3, 0.4) is 0 Å². The number of hydrogen-bond donors (Lipinski definition) is 1. The van der Waals surface area contributed by atoms with Crippen LogP contribution in [0.25, 0.3) is 11.5 Å². The number of carbonyl (C=O) groups excluding carboxylic acids is 1. The third kappa shape index (κ3) is 4.61. The smallest absolute Gasteiger partial charge is 0.323 e. The Bertz CT molecular complexity index is 571. The molecule has 2 rings (SSSR count). The molecular weight excluding hydrogens is 288 g/mol. The van der Waals surface area contributed by atoms with Crippen molar-refractivity contribution in [2.24, 2.45) is 5.73 Å². The maximum Gasteiger partial charge on any atom is 0.323 e. The molecule has 0 radical (unpaired) electrons. The first-order valence-corrected chi connectivity index (χ1v) is 7.86. The number of ether oxygens (including phenoxy) is 1. The lowest BCUT2D eigenvalue weighted by molar-refractivity contribution is -0.144. The van der Waals surface area contributed by atoms with Gasteiger partial charge in [-0.15, -0.1) is 0 Å². The van der Waals surface area contributed by atoms with Crippen LogP contribution in [0, 0.1) is 0 Å². The summed E-state index contributed by atoms with van der Waals surface area (Å²) in [7, 11) is 0. The van der Waals surface area contributed by atoms with E-state index in [4.69, 9.17) is 14.9 Å². The van der Waals surface area contributed by atoms with Crippen molar-refractivity contribution in [3.05, 3.63) is 42.3 Å². The van der Waals surface area contributed by atoms with E-state index in [2.05, 4.69) is 4.98 Å². The Labute approximate surface area is 127 Å². The van der Waals surface area contributed by atoms with E-state index in [-0.39, 0.29) is 5.97 Å².